The van der Waals surface area contributed by atoms with Crippen molar-refractivity contribution in [3.05, 3.63) is 29.8 Å². The number of ether oxygens (including phenoxy) is 2. The summed E-state index contributed by atoms with van der Waals surface area (Å²) in [5.41, 5.74) is 0.478. The molecule has 0 unspecified atom stereocenters. The van der Waals surface area contributed by atoms with Crippen molar-refractivity contribution in [3.63, 3.8) is 0 Å². The van der Waals surface area contributed by atoms with Crippen molar-refractivity contribution in [2.75, 3.05) is 32.9 Å². The number of rotatable bonds is 9. The molecule has 2 rings (SSSR count). The lowest BCUT2D eigenvalue weighted by atomic mass is 10.0. The Labute approximate surface area is 172 Å². The molecule has 162 valence electrons. The lowest BCUT2D eigenvalue weighted by Crippen LogP contribution is -2.44. The first kappa shape index (κ1) is 23.3. The smallest absolute Gasteiger partial charge is 0.306 e. The molecular formula is C20H30N2O6S. The molecule has 8 nitrogen and oxygen atoms in total. The van der Waals surface area contributed by atoms with Gasteiger partial charge in [0.2, 0.25) is 10.0 Å². The minimum absolute atomic E-state index is 0.111. The van der Waals surface area contributed by atoms with E-state index in [-0.39, 0.29) is 29.4 Å². The van der Waals surface area contributed by atoms with Crippen molar-refractivity contribution in [3.8, 4) is 0 Å². The van der Waals surface area contributed by atoms with E-state index in [9.17, 15) is 18.0 Å². The number of hydrogen-bond donors (Lipinski definition) is 1. The quantitative estimate of drug-likeness (QED) is 0.600. The molecule has 1 aliphatic heterocycles. The van der Waals surface area contributed by atoms with Gasteiger partial charge in [0.15, 0.2) is 6.61 Å². The van der Waals surface area contributed by atoms with Gasteiger partial charge in [0.05, 0.1) is 18.1 Å². The first-order chi connectivity index (χ1) is 13.6. The average molecular weight is 427 g/mol. The van der Waals surface area contributed by atoms with Crippen LogP contribution in [0.4, 0.5) is 0 Å². The second-order valence-corrected chi connectivity index (χ2v) is 9.54. The van der Waals surface area contributed by atoms with Crippen molar-refractivity contribution in [1.29, 1.82) is 0 Å². The van der Waals surface area contributed by atoms with E-state index < -0.39 is 16.0 Å². The monoisotopic (exact) mass is 426 g/mol. The number of nitrogens with zero attached hydrogens (tertiary/aromatic N) is 1. The summed E-state index contributed by atoms with van der Waals surface area (Å²) in [5.74, 6) is -0.803. The number of aryl methyl sites for hydroxylation is 1. The SMILES string of the molecule is CCC(C)(C)NC(=O)COC(=O)CCc1ccc(S(=O)(=O)N2CCOCC2)cc1. The Balaban J connectivity index is 1.81. The van der Waals surface area contributed by atoms with Crippen LogP contribution in [0.5, 0.6) is 0 Å². The first-order valence-electron chi connectivity index (χ1n) is 9.77. The van der Waals surface area contributed by atoms with Gasteiger partial charge in [-0.25, -0.2) is 8.42 Å². The molecule has 0 aromatic heterocycles. The van der Waals surface area contributed by atoms with Gasteiger partial charge in [0.1, 0.15) is 0 Å². The third kappa shape index (κ3) is 7.09. The minimum Gasteiger partial charge on any atom is -0.456 e. The number of carbonyl (C=O) groups excluding carboxylic acids is 2. The van der Waals surface area contributed by atoms with Crippen LogP contribution < -0.4 is 5.32 Å². The molecule has 1 aromatic rings. The molecule has 1 saturated heterocycles. The maximum atomic E-state index is 12.6. The number of hydrogen-bond acceptors (Lipinski definition) is 6. The van der Waals surface area contributed by atoms with E-state index in [1.54, 1.807) is 24.3 Å². The molecule has 29 heavy (non-hydrogen) atoms. The van der Waals surface area contributed by atoms with Gasteiger partial charge >= 0.3 is 5.97 Å². The highest BCUT2D eigenvalue weighted by Crippen LogP contribution is 2.18. The highest BCUT2D eigenvalue weighted by Gasteiger charge is 2.26. The van der Waals surface area contributed by atoms with Crippen LogP contribution in [-0.2, 0) is 35.5 Å². The molecule has 0 spiro atoms. The molecule has 1 heterocycles. The largest absolute Gasteiger partial charge is 0.456 e. The Kier molecular flexibility index (Phi) is 8.18. The summed E-state index contributed by atoms with van der Waals surface area (Å²) in [6.07, 6.45) is 1.28. The van der Waals surface area contributed by atoms with Gasteiger partial charge in [0, 0.05) is 25.0 Å². The zero-order chi connectivity index (χ0) is 21.5. The van der Waals surface area contributed by atoms with E-state index >= 15 is 0 Å². The fourth-order valence-electron chi connectivity index (χ4n) is 2.73. The van der Waals surface area contributed by atoms with Crippen LogP contribution in [0.25, 0.3) is 0 Å². The maximum absolute atomic E-state index is 12.6. The van der Waals surface area contributed by atoms with Gasteiger partial charge in [-0.3, -0.25) is 9.59 Å². The van der Waals surface area contributed by atoms with Crippen LogP contribution in [0.15, 0.2) is 29.2 Å². The number of sulfonamides is 1. The van der Waals surface area contributed by atoms with Crippen LogP contribution in [0, 0.1) is 0 Å². The van der Waals surface area contributed by atoms with Gasteiger partial charge in [-0.05, 0) is 44.4 Å². The van der Waals surface area contributed by atoms with Crippen molar-refractivity contribution >= 4 is 21.9 Å². The summed E-state index contributed by atoms with van der Waals surface area (Å²) in [5, 5.41) is 2.80. The third-order valence-corrected chi connectivity index (χ3v) is 6.79. The summed E-state index contributed by atoms with van der Waals surface area (Å²) in [6, 6.07) is 6.48. The Morgan fingerprint density at radius 2 is 1.79 bits per heavy atom. The lowest BCUT2D eigenvalue weighted by molar-refractivity contribution is -0.149. The zero-order valence-corrected chi connectivity index (χ0v) is 18.1. The maximum Gasteiger partial charge on any atom is 0.306 e. The second-order valence-electron chi connectivity index (χ2n) is 7.61. The highest BCUT2D eigenvalue weighted by molar-refractivity contribution is 7.89. The molecule has 9 heteroatoms. The normalized spacial score (nSPS) is 15.7. The number of benzene rings is 1. The summed E-state index contributed by atoms with van der Waals surface area (Å²) in [7, 11) is -3.53. The van der Waals surface area contributed by atoms with Gasteiger partial charge < -0.3 is 14.8 Å². The molecule has 1 N–H and O–H groups in total. The molecule has 0 aliphatic carbocycles. The first-order valence-corrected chi connectivity index (χ1v) is 11.2. The van der Waals surface area contributed by atoms with E-state index in [1.807, 2.05) is 20.8 Å². The zero-order valence-electron chi connectivity index (χ0n) is 17.3. The van der Waals surface area contributed by atoms with Gasteiger partial charge in [-0.1, -0.05) is 19.1 Å². The standard InChI is InChI=1S/C20H30N2O6S/c1-4-20(2,3)21-18(23)15-28-19(24)10-7-16-5-8-17(9-6-16)29(25,26)22-11-13-27-14-12-22/h5-6,8-9H,4,7,10-15H2,1-3H3,(H,21,23). The molecule has 1 amide bonds. The van der Waals surface area contributed by atoms with Crippen LogP contribution in [0.2, 0.25) is 0 Å². The predicted octanol–water partition coefficient (Wildman–Crippen LogP) is 1.49. The van der Waals surface area contributed by atoms with Crippen molar-refractivity contribution in [1.82, 2.24) is 9.62 Å². The third-order valence-electron chi connectivity index (χ3n) is 4.87. The number of esters is 1. The number of nitrogens with one attached hydrogen (secondary N) is 1. The van der Waals surface area contributed by atoms with Gasteiger partial charge in [-0.15, -0.1) is 0 Å². The molecule has 0 saturated carbocycles. The van der Waals surface area contributed by atoms with E-state index in [2.05, 4.69) is 5.32 Å². The molecule has 0 bridgehead atoms. The van der Waals surface area contributed by atoms with Crippen LogP contribution >= 0.6 is 0 Å². The van der Waals surface area contributed by atoms with E-state index in [4.69, 9.17) is 9.47 Å². The van der Waals surface area contributed by atoms with Gasteiger partial charge in [0.25, 0.3) is 5.91 Å². The van der Waals surface area contributed by atoms with Crippen molar-refractivity contribution in [2.24, 2.45) is 0 Å². The number of carbonyl (C=O) groups is 2. The highest BCUT2D eigenvalue weighted by atomic mass is 32.2. The molecule has 1 aromatic carbocycles. The lowest BCUT2D eigenvalue weighted by Gasteiger charge is -2.26. The summed E-state index contributed by atoms with van der Waals surface area (Å²) in [4.78, 5) is 23.9. The Morgan fingerprint density at radius 1 is 1.17 bits per heavy atom. The van der Waals surface area contributed by atoms with E-state index in [0.717, 1.165) is 12.0 Å². The molecule has 0 atom stereocenters. The van der Waals surface area contributed by atoms with E-state index in [1.165, 1.54) is 4.31 Å². The number of morpholine rings is 1. The van der Waals surface area contributed by atoms with Crippen molar-refractivity contribution < 1.29 is 27.5 Å². The predicted molar refractivity (Wildman–Crippen MR) is 108 cm³/mol. The molecule has 1 aliphatic rings. The van der Waals surface area contributed by atoms with Crippen LogP contribution in [-0.4, -0.2) is 63.0 Å². The summed E-state index contributed by atoms with van der Waals surface area (Å²) < 4.78 is 36.8. The molecule has 0 radical (unpaired) electrons. The Morgan fingerprint density at radius 3 is 2.38 bits per heavy atom. The van der Waals surface area contributed by atoms with Gasteiger partial charge in [-0.2, -0.15) is 4.31 Å². The molecular weight excluding hydrogens is 396 g/mol. The Bertz CT molecular complexity index is 799. The number of amides is 1. The summed E-state index contributed by atoms with van der Waals surface area (Å²) >= 11 is 0. The van der Waals surface area contributed by atoms with E-state index in [0.29, 0.717) is 32.7 Å². The topological polar surface area (TPSA) is 102 Å². The van der Waals surface area contributed by atoms with Crippen LogP contribution in [0.3, 0.4) is 0 Å². The average Bonchev–Trinajstić information content (AvgIpc) is 2.71. The fraction of sp³-hybridized carbons (Fsp3) is 0.600. The second kappa shape index (κ2) is 10.2. The molecule has 1 fully saturated rings. The Hall–Kier alpha value is -1.97. The van der Waals surface area contributed by atoms with Crippen molar-refractivity contribution in [2.45, 2.75) is 50.5 Å². The fourth-order valence-corrected chi connectivity index (χ4v) is 4.14. The van der Waals surface area contributed by atoms with Crippen LogP contribution in [0.1, 0.15) is 39.2 Å². The summed E-state index contributed by atoms with van der Waals surface area (Å²) in [6.45, 7) is 6.94. The minimum atomic E-state index is -3.53.